The van der Waals surface area contributed by atoms with Crippen molar-refractivity contribution >= 4 is 13.7 Å². The summed E-state index contributed by atoms with van der Waals surface area (Å²) in [6, 6.07) is -0.761. The van der Waals surface area contributed by atoms with Gasteiger partial charge in [0.1, 0.15) is 6.04 Å². The fourth-order valence-corrected chi connectivity index (χ4v) is 2.97. The summed E-state index contributed by atoms with van der Waals surface area (Å²) in [5.41, 5.74) is 0. The van der Waals surface area contributed by atoms with Gasteiger partial charge in [-0.2, -0.15) is 0 Å². The first-order chi connectivity index (χ1) is 7.70. The smallest absolute Gasteiger partial charge is 0.406 e. The van der Waals surface area contributed by atoms with Crippen LogP contribution in [0.15, 0.2) is 0 Å². The number of methoxy groups -OCH3 is 1. The van der Waals surface area contributed by atoms with Gasteiger partial charge in [-0.3, -0.25) is 13.8 Å². The van der Waals surface area contributed by atoms with Gasteiger partial charge in [0.25, 0.3) is 0 Å². The zero-order valence-electron chi connectivity index (χ0n) is 11.2. The summed E-state index contributed by atoms with van der Waals surface area (Å²) in [5, 5.41) is 2.54. The van der Waals surface area contributed by atoms with E-state index in [-0.39, 0.29) is 12.2 Å². The average Bonchev–Trinajstić information content (AvgIpc) is 2.12. The van der Waals surface area contributed by atoms with Crippen LogP contribution in [-0.4, -0.2) is 31.3 Å². The van der Waals surface area contributed by atoms with Crippen LogP contribution in [-0.2, 0) is 23.1 Å². The van der Waals surface area contributed by atoms with Crippen molar-refractivity contribution in [1.29, 1.82) is 0 Å². The molecular formula is C10H22NO5P. The van der Waals surface area contributed by atoms with Gasteiger partial charge in [0, 0.05) is 0 Å². The van der Waals surface area contributed by atoms with E-state index in [0.29, 0.717) is 0 Å². The fourth-order valence-electron chi connectivity index (χ4n) is 1.11. The number of carbonyl (C=O) groups excluding carboxylic acids is 1. The number of esters is 1. The van der Waals surface area contributed by atoms with Gasteiger partial charge >= 0.3 is 13.7 Å². The number of carbonyl (C=O) groups is 1. The molecular weight excluding hydrogens is 245 g/mol. The lowest BCUT2D eigenvalue weighted by Gasteiger charge is -2.25. The highest BCUT2D eigenvalue weighted by Crippen LogP contribution is 2.46. The van der Waals surface area contributed by atoms with E-state index >= 15 is 0 Å². The van der Waals surface area contributed by atoms with E-state index in [9.17, 15) is 9.36 Å². The Morgan fingerprint density at radius 3 is 1.76 bits per heavy atom. The topological polar surface area (TPSA) is 73.9 Å². The van der Waals surface area contributed by atoms with Gasteiger partial charge < -0.3 is 4.74 Å². The molecule has 1 atom stereocenters. The summed E-state index contributed by atoms with van der Waals surface area (Å²) < 4.78 is 27.3. The van der Waals surface area contributed by atoms with Gasteiger partial charge in [-0.05, 0) is 34.6 Å². The second-order valence-electron chi connectivity index (χ2n) is 4.18. The Morgan fingerprint density at radius 2 is 1.47 bits per heavy atom. The summed E-state index contributed by atoms with van der Waals surface area (Å²) in [6.45, 7) is 8.48. The Morgan fingerprint density at radius 1 is 1.06 bits per heavy atom. The molecule has 0 rings (SSSR count). The lowest BCUT2D eigenvalue weighted by atomic mass is 10.4. The Labute approximate surface area is 103 Å². The van der Waals surface area contributed by atoms with Gasteiger partial charge in [-0.15, -0.1) is 0 Å². The SMILES string of the molecule is COC(=O)[C@@H](C)NP(=O)(OC(C)C)OC(C)C. The highest BCUT2D eigenvalue weighted by Gasteiger charge is 2.32. The van der Waals surface area contributed by atoms with Crippen molar-refractivity contribution in [2.45, 2.75) is 52.9 Å². The molecule has 0 amide bonds. The van der Waals surface area contributed by atoms with Crippen molar-refractivity contribution in [2.75, 3.05) is 7.11 Å². The van der Waals surface area contributed by atoms with Crippen LogP contribution >= 0.6 is 7.75 Å². The van der Waals surface area contributed by atoms with E-state index in [1.54, 1.807) is 27.7 Å². The van der Waals surface area contributed by atoms with Crippen LogP contribution in [0.3, 0.4) is 0 Å². The standard InChI is InChI=1S/C10H22NO5P/c1-7(2)15-17(13,16-8(3)4)11-9(5)10(12)14-6/h7-9H,1-6H3,(H,11,13)/t9-/m1/s1. The second kappa shape index (κ2) is 7.11. The molecule has 6 nitrogen and oxygen atoms in total. The molecule has 0 spiro atoms. The van der Waals surface area contributed by atoms with Gasteiger partial charge in [-0.1, -0.05) is 0 Å². The van der Waals surface area contributed by atoms with Gasteiger partial charge in [0.15, 0.2) is 0 Å². The zero-order chi connectivity index (χ0) is 13.6. The quantitative estimate of drug-likeness (QED) is 0.562. The predicted molar refractivity (Wildman–Crippen MR) is 64.7 cm³/mol. The van der Waals surface area contributed by atoms with Gasteiger partial charge in [0.05, 0.1) is 19.3 Å². The van der Waals surface area contributed by atoms with Crippen molar-refractivity contribution in [2.24, 2.45) is 0 Å². The highest BCUT2D eigenvalue weighted by molar-refractivity contribution is 7.51. The number of ether oxygens (including phenoxy) is 1. The molecule has 0 aromatic carbocycles. The van der Waals surface area contributed by atoms with Crippen LogP contribution < -0.4 is 5.09 Å². The first kappa shape index (κ1) is 16.6. The molecule has 17 heavy (non-hydrogen) atoms. The summed E-state index contributed by atoms with van der Waals surface area (Å²) in [7, 11) is -2.24. The number of nitrogens with one attached hydrogen (secondary N) is 1. The summed E-state index contributed by atoms with van der Waals surface area (Å²) in [4.78, 5) is 11.2. The first-order valence-corrected chi connectivity index (χ1v) is 7.07. The van der Waals surface area contributed by atoms with E-state index in [1.165, 1.54) is 14.0 Å². The minimum absolute atomic E-state index is 0.281. The third kappa shape index (κ3) is 6.78. The third-order valence-corrected chi connectivity index (χ3v) is 3.71. The van der Waals surface area contributed by atoms with Crippen LogP contribution in [0.5, 0.6) is 0 Å². The highest BCUT2D eigenvalue weighted by atomic mass is 31.2. The summed E-state index contributed by atoms with van der Waals surface area (Å²) in [5.74, 6) is -0.523. The molecule has 0 aromatic rings. The van der Waals surface area contributed by atoms with Crippen LogP contribution in [0.4, 0.5) is 0 Å². The summed E-state index contributed by atoms with van der Waals surface area (Å²) in [6.07, 6.45) is -0.561. The largest absolute Gasteiger partial charge is 0.468 e. The first-order valence-electron chi connectivity index (χ1n) is 5.52. The molecule has 0 aromatic heterocycles. The van der Waals surface area contributed by atoms with E-state index in [2.05, 4.69) is 9.82 Å². The Bertz CT molecular complexity index is 278. The van der Waals surface area contributed by atoms with Crippen LogP contribution in [0.1, 0.15) is 34.6 Å². The molecule has 0 saturated carbocycles. The molecule has 0 aliphatic rings. The molecule has 0 aliphatic carbocycles. The molecule has 0 bridgehead atoms. The summed E-state index contributed by atoms with van der Waals surface area (Å²) >= 11 is 0. The van der Waals surface area contributed by atoms with Crippen LogP contribution in [0.2, 0.25) is 0 Å². The second-order valence-corrected chi connectivity index (χ2v) is 5.85. The van der Waals surface area contributed by atoms with E-state index < -0.39 is 19.8 Å². The fraction of sp³-hybridized carbons (Fsp3) is 0.900. The van der Waals surface area contributed by atoms with Crippen molar-refractivity contribution in [3.8, 4) is 0 Å². The number of hydrogen-bond acceptors (Lipinski definition) is 5. The normalized spacial score (nSPS) is 14.1. The Hall–Kier alpha value is -0.420. The maximum atomic E-state index is 12.3. The molecule has 0 radical (unpaired) electrons. The predicted octanol–water partition coefficient (Wildman–Crippen LogP) is 2.10. The number of rotatable bonds is 7. The molecule has 7 heteroatoms. The Kier molecular flexibility index (Phi) is 6.94. The third-order valence-electron chi connectivity index (χ3n) is 1.61. The minimum atomic E-state index is -3.51. The number of hydrogen-bond donors (Lipinski definition) is 1. The maximum Gasteiger partial charge on any atom is 0.406 e. The van der Waals surface area contributed by atoms with E-state index in [0.717, 1.165) is 0 Å². The molecule has 0 fully saturated rings. The van der Waals surface area contributed by atoms with E-state index in [4.69, 9.17) is 9.05 Å². The molecule has 0 aliphatic heterocycles. The average molecular weight is 267 g/mol. The molecule has 0 heterocycles. The maximum absolute atomic E-state index is 12.3. The molecule has 1 N–H and O–H groups in total. The zero-order valence-corrected chi connectivity index (χ0v) is 12.1. The molecule has 102 valence electrons. The van der Waals surface area contributed by atoms with Crippen molar-refractivity contribution in [3.63, 3.8) is 0 Å². The van der Waals surface area contributed by atoms with Crippen LogP contribution in [0.25, 0.3) is 0 Å². The van der Waals surface area contributed by atoms with Gasteiger partial charge in [-0.25, -0.2) is 9.65 Å². The van der Waals surface area contributed by atoms with Crippen molar-refractivity contribution in [1.82, 2.24) is 5.09 Å². The lowest BCUT2D eigenvalue weighted by Crippen LogP contribution is -2.34. The lowest BCUT2D eigenvalue weighted by molar-refractivity contribution is -0.142. The monoisotopic (exact) mass is 267 g/mol. The van der Waals surface area contributed by atoms with Gasteiger partial charge in [0.2, 0.25) is 0 Å². The van der Waals surface area contributed by atoms with E-state index in [1.807, 2.05) is 0 Å². The molecule has 0 unspecified atom stereocenters. The molecule has 0 saturated heterocycles. The minimum Gasteiger partial charge on any atom is -0.468 e. The van der Waals surface area contributed by atoms with Crippen molar-refractivity contribution in [3.05, 3.63) is 0 Å². The van der Waals surface area contributed by atoms with Crippen molar-refractivity contribution < 1.29 is 23.1 Å². The Balaban J connectivity index is 4.69. The van der Waals surface area contributed by atoms with Crippen LogP contribution in [0, 0.1) is 0 Å².